The molecule has 2 aromatic rings. The summed E-state index contributed by atoms with van der Waals surface area (Å²) < 4.78 is 1.73. The molecule has 1 unspecified atom stereocenters. The number of nitrogens with zero attached hydrogens (tertiary/aromatic N) is 2. The summed E-state index contributed by atoms with van der Waals surface area (Å²) in [6, 6.07) is 7.47. The van der Waals surface area contributed by atoms with Crippen LogP contribution in [-0.2, 0) is 4.79 Å². The monoisotopic (exact) mass is 398 g/mol. The predicted octanol–water partition coefficient (Wildman–Crippen LogP) is 4.02. The summed E-state index contributed by atoms with van der Waals surface area (Å²) in [5.41, 5.74) is 0.770. The molecule has 0 saturated carbocycles. The Morgan fingerprint density at radius 3 is 2.86 bits per heavy atom. The topological polar surface area (TPSA) is 66.9 Å². The number of benzene rings is 1. The van der Waals surface area contributed by atoms with Crippen molar-refractivity contribution in [2.45, 2.75) is 16.5 Å². The van der Waals surface area contributed by atoms with Crippen molar-refractivity contribution in [2.75, 3.05) is 17.2 Å². The molecule has 1 amide bonds. The molecule has 1 atom stereocenters. The zero-order valence-corrected chi connectivity index (χ0v) is 15.1. The molecule has 116 valence electrons. The van der Waals surface area contributed by atoms with Crippen LogP contribution in [0.1, 0.15) is 6.92 Å². The van der Waals surface area contributed by atoms with E-state index in [2.05, 4.69) is 43.3 Å². The number of carbonyl (C=O) groups is 1. The lowest BCUT2D eigenvalue weighted by molar-refractivity contribution is -0.115. The Balaban J connectivity index is 1.89. The van der Waals surface area contributed by atoms with E-state index in [1.54, 1.807) is 6.08 Å². The van der Waals surface area contributed by atoms with Crippen LogP contribution in [-0.4, -0.2) is 27.9 Å². The van der Waals surface area contributed by atoms with E-state index in [1.165, 1.54) is 23.1 Å². The second-order valence-corrected chi connectivity index (χ2v) is 7.78. The highest BCUT2D eigenvalue weighted by atomic mass is 79.9. The van der Waals surface area contributed by atoms with Crippen LogP contribution in [0, 0.1) is 0 Å². The van der Waals surface area contributed by atoms with E-state index in [0.29, 0.717) is 6.54 Å². The van der Waals surface area contributed by atoms with E-state index in [4.69, 9.17) is 0 Å². The summed E-state index contributed by atoms with van der Waals surface area (Å²) >= 11 is 6.17. The largest absolute Gasteiger partial charge is 0.357 e. The SMILES string of the molecule is C=CCNc1nnc(SC(C)C(=O)Nc2ccc(Br)cc2)s1. The number of thioether (sulfide) groups is 1. The standard InChI is InChI=1S/C14H15BrN4OS2/c1-3-8-16-13-18-19-14(22-13)21-9(2)12(20)17-11-6-4-10(15)5-7-11/h3-7,9H,1,8H2,2H3,(H,16,18)(H,17,20). The summed E-state index contributed by atoms with van der Waals surface area (Å²) in [5.74, 6) is -0.0666. The molecule has 2 rings (SSSR count). The molecule has 8 heteroatoms. The highest BCUT2D eigenvalue weighted by molar-refractivity contribution is 9.10. The van der Waals surface area contributed by atoms with Gasteiger partial charge in [0.05, 0.1) is 5.25 Å². The van der Waals surface area contributed by atoms with Crippen molar-refractivity contribution < 1.29 is 4.79 Å². The minimum Gasteiger partial charge on any atom is -0.357 e. The van der Waals surface area contributed by atoms with Crippen LogP contribution < -0.4 is 10.6 Å². The molecular formula is C14H15BrN4OS2. The van der Waals surface area contributed by atoms with E-state index in [1.807, 2.05) is 31.2 Å². The highest BCUT2D eigenvalue weighted by Crippen LogP contribution is 2.29. The van der Waals surface area contributed by atoms with Gasteiger partial charge in [-0.15, -0.1) is 16.8 Å². The molecular weight excluding hydrogens is 384 g/mol. The van der Waals surface area contributed by atoms with Crippen molar-refractivity contribution in [3.8, 4) is 0 Å². The second kappa shape index (κ2) is 8.30. The number of hydrogen-bond donors (Lipinski definition) is 2. The molecule has 0 aliphatic rings. The fourth-order valence-electron chi connectivity index (χ4n) is 1.47. The van der Waals surface area contributed by atoms with Crippen molar-refractivity contribution >= 4 is 55.8 Å². The molecule has 0 aliphatic carbocycles. The lowest BCUT2D eigenvalue weighted by atomic mass is 10.3. The Hall–Kier alpha value is -1.38. The number of nitrogens with one attached hydrogen (secondary N) is 2. The van der Waals surface area contributed by atoms with Gasteiger partial charge in [-0.25, -0.2) is 0 Å². The average molecular weight is 399 g/mol. The number of rotatable bonds is 7. The Labute approximate surface area is 145 Å². The van der Waals surface area contributed by atoms with Crippen LogP contribution >= 0.6 is 39.0 Å². The van der Waals surface area contributed by atoms with Gasteiger partial charge in [0, 0.05) is 16.7 Å². The van der Waals surface area contributed by atoms with Crippen molar-refractivity contribution in [1.82, 2.24) is 10.2 Å². The first-order chi connectivity index (χ1) is 10.6. The molecule has 1 aromatic heterocycles. The highest BCUT2D eigenvalue weighted by Gasteiger charge is 2.17. The summed E-state index contributed by atoms with van der Waals surface area (Å²) in [4.78, 5) is 12.2. The van der Waals surface area contributed by atoms with Gasteiger partial charge in [0.15, 0.2) is 4.34 Å². The molecule has 0 radical (unpaired) electrons. The molecule has 1 aromatic carbocycles. The zero-order chi connectivity index (χ0) is 15.9. The van der Waals surface area contributed by atoms with Crippen LogP contribution in [0.5, 0.6) is 0 Å². The molecule has 1 heterocycles. The smallest absolute Gasteiger partial charge is 0.237 e. The Morgan fingerprint density at radius 2 is 2.18 bits per heavy atom. The number of amides is 1. The molecule has 2 N–H and O–H groups in total. The third kappa shape index (κ3) is 5.11. The third-order valence-electron chi connectivity index (χ3n) is 2.56. The minimum absolute atomic E-state index is 0.0666. The first-order valence-electron chi connectivity index (χ1n) is 6.50. The van der Waals surface area contributed by atoms with Crippen molar-refractivity contribution in [3.05, 3.63) is 41.4 Å². The number of halogens is 1. The Bertz CT molecular complexity index is 645. The summed E-state index contributed by atoms with van der Waals surface area (Å²) in [6.45, 7) is 6.11. The van der Waals surface area contributed by atoms with E-state index in [9.17, 15) is 4.79 Å². The maximum absolute atomic E-state index is 12.2. The summed E-state index contributed by atoms with van der Waals surface area (Å²) in [5, 5.41) is 14.5. The molecule has 5 nitrogen and oxygen atoms in total. The molecule has 0 aliphatic heterocycles. The normalized spacial score (nSPS) is 11.7. The number of hydrogen-bond acceptors (Lipinski definition) is 6. The van der Waals surface area contributed by atoms with E-state index in [-0.39, 0.29) is 11.2 Å². The average Bonchev–Trinajstić information content (AvgIpc) is 2.95. The zero-order valence-electron chi connectivity index (χ0n) is 11.9. The lowest BCUT2D eigenvalue weighted by Crippen LogP contribution is -2.22. The van der Waals surface area contributed by atoms with Gasteiger partial charge in [-0.2, -0.15) is 0 Å². The van der Waals surface area contributed by atoms with E-state index < -0.39 is 0 Å². The molecule has 0 bridgehead atoms. The van der Waals surface area contributed by atoms with Crippen LogP contribution in [0.25, 0.3) is 0 Å². The maximum atomic E-state index is 12.2. The number of carbonyl (C=O) groups excluding carboxylic acids is 1. The van der Waals surface area contributed by atoms with Crippen molar-refractivity contribution in [1.29, 1.82) is 0 Å². The fraction of sp³-hybridized carbons (Fsp3) is 0.214. The minimum atomic E-state index is -0.260. The number of aromatic nitrogens is 2. The van der Waals surface area contributed by atoms with Gasteiger partial charge < -0.3 is 10.6 Å². The fourth-order valence-corrected chi connectivity index (χ4v) is 3.64. The lowest BCUT2D eigenvalue weighted by Gasteiger charge is -2.10. The molecule has 22 heavy (non-hydrogen) atoms. The van der Waals surface area contributed by atoms with Crippen LogP contribution in [0.4, 0.5) is 10.8 Å². The van der Waals surface area contributed by atoms with Gasteiger partial charge in [0.2, 0.25) is 11.0 Å². The predicted molar refractivity (Wildman–Crippen MR) is 96.7 cm³/mol. The van der Waals surface area contributed by atoms with Crippen LogP contribution in [0.15, 0.2) is 45.7 Å². The summed E-state index contributed by atoms with van der Waals surface area (Å²) in [6.07, 6.45) is 1.75. The van der Waals surface area contributed by atoms with Gasteiger partial charge in [0.25, 0.3) is 0 Å². The Kier molecular flexibility index (Phi) is 6.41. The van der Waals surface area contributed by atoms with Crippen molar-refractivity contribution in [2.24, 2.45) is 0 Å². The second-order valence-electron chi connectivity index (χ2n) is 4.30. The van der Waals surface area contributed by atoms with E-state index >= 15 is 0 Å². The maximum Gasteiger partial charge on any atom is 0.237 e. The summed E-state index contributed by atoms with van der Waals surface area (Å²) in [7, 11) is 0. The van der Waals surface area contributed by atoms with Crippen molar-refractivity contribution in [3.63, 3.8) is 0 Å². The van der Waals surface area contributed by atoms with Gasteiger partial charge in [0.1, 0.15) is 0 Å². The van der Waals surface area contributed by atoms with Gasteiger partial charge in [-0.3, -0.25) is 4.79 Å². The Morgan fingerprint density at radius 1 is 1.45 bits per heavy atom. The first-order valence-corrected chi connectivity index (χ1v) is 8.98. The van der Waals surface area contributed by atoms with Gasteiger partial charge in [-0.1, -0.05) is 45.1 Å². The molecule has 0 fully saturated rings. The quantitative estimate of drug-likeness (QED) is 0.544. The third-order valence-corrected chi connectivity index (χ3v) is 5.16. The molecule has 0 spiro atoms. The van der Waals surface area contributed by atoms with E-state index in [0.717, 1.165) is 19.6 Å². The number of anilines is 2. The van der Waals surface area contributed by atoms with Crippen LogP contribution in [0.3, 0.4) is 0 Å². The molecule has 0 saturated heterocycles. The first kappa shape index (κ1) is 17.0. The van der Waals surface area contributed by atoms with Gasteiger partial charge >= 0.3 is 0 Å². The van der Waals surface area contributed by atoms with Crippen LogP contribution in [0.2, 0.25) is 0 Å². The van der Waals surface area contributed by atoms with Gasteiger partial charge in [-0.05, 0) is 31.2 Å².